The van der Waals surface area contributed by atoms with Gasteiger partial charge in [-0.25, -0.2) is 9.59 Å². The number of ether oxygens (including phenoxy) is 1. The first-order valence-corrected chi connectivity index (χ1v) is 6.20. The Kier molecular flexibility index (Phi) is 3.30. The van der Waals surface area contributed by atoms with Crippen molar-refractivity contribution in [1.82, 2.24) is 0 Å². The Labute approximate surface area is 112 Å². The maximum atomic E-state index is 11.7. The number of carboxylic acid groups (broad SMARTS) is 1. The number of anilines is 1. The predicted molar refractivity (Wildman–Crippen MR) is 68.7 cm³/mol. The second-order valence-electron chi connectivity index (χ2n) is 4.18. The van der Waals surface area contributed by atoms with E-state index in [9.17, 15) is 14.7 Å². The molecule has 1 amide bonds. The SMILES string of the molecule is Cc1ccc(N2C(=O)OC(C)C2C(=O)O)cc1Br. The van der Waals surface area contributed by atoms with Crippen molar-refractivity contribution in [1.29, 1.82) is 0 Å². The van der Waals surface area contributed by atoms with E-state index < -0.39 is 24.2 Å². The first kappa shape index (κ1) is 12.9. The third kappa shape index (κ3) is 2.08. The lowest BCUT2D eigenvalue weighted by atomic mass is 10.1. The molecule has 0 aromatic heterocycles. The number of hydrogen-bond donors (Lipinski definition) is 1. The van der Waals surface area contributed by atoms with Crippen LogP contribution >= 0.6 is 15.9 Å². The van der Waals surface area contributed by atoms with Crippen LogP contribution < -0.4 is 4.90 Å². The molecule has 6 heteroatoms. The Morgan fingerprint density at radius 3 is 2.72 bits per heavy atom. The van der Waals surface area contributed by atoms with E-state index in [1.165, 1.54) is 0 Å². The summed E-state index contributed by atoms with van der Waals surface area (Å²) in [5.74, 6) is -1.08. The molecule has 0 bridgehead atoms. The van der Waals surface area contributed by atoms with Crippen LogP contribution in [0.15, 0.2) is 22.7 Å². The number of aliphatic carboxylic acids is 1. The highest BCUT2D eigenvalue weighted by Gasteiger charge is 2.45. The molecule has 1 fully saturated rings. The summed E-state index contributed by atoms with van der Waals surface area (Å²) >= 11 is 3.36. The Bertz CT molecular complexity index is 517. The molecule has 1 aromatic rings. The first-order chi connectivity index (χ1) is 8.41. The van der Waals surface area contributed by atoms with Gasteiger partial charge in [-0.15, -0.1) is 0 Å². The maximum Gasteiger partial charge on any atom is 0.415 e. The summed E-state index contributed by atoms with van der Waals surface area (Å²) in [4.78, 5) is 24.1. The van der Waals surface area contributed by atoms with Crippen LogP contribution in [0.1, 0.15) is 12.5 Å². The molecule has 0 saturated carbocycles. The van der Waals surface area contributed by atoms with E-state index in [-0.39, 0.29) is 0 Å². The highest BCUT2D eigenvalue weighted by atomic mass is 79.9. The number of carboxylic acids is 1. The summed E-state index contributed by atoms with van der Waals surface area (Å²) in [6, 6.07) is 4.24. The highest BCUT2D eigenvalue weighted by Crippen LogP contribution is 2.30. The average molecular weight is 314 g/mol. The molecule has 5 nitrogen and oxygen atoms in total. The van der Waals surface area contributed by atoms with Crippen molar-refractivity contribution in [2.75, 3.05) is 4.90 Å². The summed E-state index contributed by atoms with van der Waals surface area (Å²) in [5.41, 5.74) is 1.51. The normalized spacial score (nSPS) is 23.1. The van der Waals surface area contributed by atoms with E-state index in [0.29, 0.717) is 5.69 Å². The molecule has 0 aliphatic carbocycles. The zero-order valence-corrected chi connectivity index (χ0v) is 11.5. The topological polar surface area (TPSA) is 66.8 Å². The van der Waals surface area contributed by atoms with Gasteiger partial charge in [0, 0.05) is 10.2 Å². The molecular formula is C12H12BrNO4. The van der Waals surface area contributed by atoms with Crippen molar-refractivity contribution in [3.63, 3.8) is 0 Å². The number of aryl methyl sites for hydroxylation is 1. The monoisotopic (exact) mass is 313 g/mol. The smallest absolute Gasteiger partial charge is 0.415 e. The lowest BCUT2D eigenvalue weighted by molar-refractivity contribution is -0.139. The molecular weight excluding hydrogens is 302 g/mol. The molecule has 1 aromatic carbocycles. The number of cyclic esters (lactones) is 1. The van der Waals surface area contributed by atoms with Crippen LogP contribution in [0.5, 0.6) is 0 Å². The van der Waals surface area contributed by atoms with Crippen molar-refractivity contribution in [3.05, 3.63) is 28.2 Å². The van der Waals surface area contributed by atoms with Gasteiger partial charge in [-0.05, 0) is 31.5 Å². The van der Waals surface area contributed by atoms with Gasteiger partial charge in [0.15, 0.2) is 6.04 Å². The molecule has 1 aliphatic rings. The van der Waals surface area contributed by atoms with Gasteiger partial charge in [0.05, 0.1) is 0 Å². The van der Waals surface area contributed by atoms with Crippen LogP contribution in [-0.2, 0) is 9.53 Å². The standard InChI is InChI=1S/C12H12BrNO4/c1-6-3-4-8(5-9(6)13)14-10(11(15)16)7(2)18-12(14)17/h3-5,7,10H,1-2H3,(H,15,16). The number of carbonyl (C=O) groups excluding carboxylic acids is 1. The minimum atomic E-state index is -1.08. The minimum Gasteiger partial charge on any atom is -0.480 e. The van der Waals surface area contributed by atoms with Crippen LogP contribution in [0, 0.1) is 6.92 Å². The number of nitrogens with zero attached hydrogens (tertiary/aromatic N) is 1. The summed E-state index contributed by atoms with van der Waals surface area (Å²) in [5, 5.41) is 9.17. The fourth-order valence-corrected chi connectivity index (χ4v) is 2.28. The molecule has 1 saturated heterocycles. The van der Waals surface area contributed by atoms with Crippen LogP contribution in [-0.4, -0.2) is 29.3 Å². The molecule has 1 aliphatic heterocycles. The van der Waals surface area contributed by atoms with E-state index in [2.05, 4.69) is 15.9 Å². The molecule has 2 rings (SSSR count). The van der Waals surface area contributed by atoms with E-state index in [0.717, 1.165) is 14.9 Å². The minimum absolute atomic E-state index is 0.509. The first-order valence-electron chi connectivity index (χ1n) is 5.40. The molecule has 0 radical (unpaired) electrons. The number of benzene rings is 1. The van der Waals surface area contributed by atoms with E-state index in [1.807, 2.05) is 13.0 Å². The van der Waals surface area contributed by atoms with Crippen molar-refractivity contribution < 1.29 is 19.4 Å². The predicted octanol–water partition coefficient (Wildman–Crippen LogP) is 2.56. The van der Waals surface area contributed by atoms with E-state index in [4.69, 9.17) is 4.74 Å². The lowest BCUT2D eigenvalue weighted by Crippen LogP contribution is -2.42. The Morgan fingerprint density at radius 1 is 1.50 bits per heavy atom. The summed E-state index contributed by atoms with van der Waals surface area (Å²) in [6.45, 7) is 3.48. The number of halogens is 1. The zero-order chi connectivity index (χ0) is 13.4. The van der Waals surface area contributed by atoms with Crippen LogP contribution in [0.25, 0.3) is 0 Å². The third-order valence-electron chi connectivity index (χ3n) is 2.89. The quantitative estimate of drug-likeness (QED) is 0.911. The molecule has 18 heavy (non-hydrogen) atoms. The van der Waals surface area contributed by atoms with Crippen molar-refractivity contribution in [3.8, 4) is 0 Å². The summed E-state index contributed by atoms with van der Waals surface area (Å²) < 4.78 is 5.78. The molecule has 0 spiro atoms. The van der Waals surface area contributed by atoms with E-state index >= 15 is 0 Å². The van der Waals surface area contributed by atoms with E-state index in [1.54, 1.807) is 19.1 Å². The van der Waals surface area contributed by atoms with Gasteiger partial charge in [-0.2, -0.15) is 0 Å². The largest absolute Gasteiger partial charge is 0.480 e. The van der Waals surface area contributed by atoms with Gasteiger partial charge in [-0.1, -0.05) is 22.0 Å². The van der Waals surface area contributed by atoms with Crippen LogP contribution in [0.2, 0.25) is 0 Å². The second-order valence-corrected chi connectivity index (χ2v) is 5.03. The number of rotatable bonds is 2. The summed E-state index contributed by atoms with van der Waals surface area (Å²) in [7, 11) is 0. The third-order valence-corrected chi connectivity index (χ3v) is 3.75. The van der Waals surface area contributed by atoms with Gasteiger partial charge in [0.2, 0.25) is 0 Å². The van der Waals surface area contributed by atoms with Crippen molar-refractivity contribution >= 4 is 33.7 Å². The Hall–Kier alpha value is -1.56. The molecule has 1 N–H and O–H groups in total. The van der Waals surface area contributed by atoms with Crippen LogP contribution in [0.3, 0.4) is 0 Å². The number of hydrogen-bond acceptors (Lipinski definition) is 3. The molecule has 2 unspecified atom stereocenters. The Morgan fingerprint density at radius 2 is 2.17 bits per heavy atom. The molecule has 96 valence electrons. The zero-order valence-electron chi connectivity index (χ0n) is 9.88. The lowest BCUT2D eigenvalue weighted by Gasteiger charge is -2.20. The van der Waals surface area contributed by atoms with Crippen molar-refractivity contribution in [2.24, 2.45) is 0 Å². The highest BCUT2D eigenvalue weighted by molar-refractivity contribution is 9.10. The van der Waals surface area contributed by atoms with Crippen molar-refractivity contribution in [2.45, 2.75) is 26.0 Å². The van der Waals surface area contributed by atoms with Gasteiger partial charge < -0.3 is 9.84 Å². The van der Waals surface area contributed by atoms with Gasteiger partial charge in [-0.3, -0.25) is 4.90 Å². The van der Waals surface area contributed by atoms with Gasteiger partial charge in [0.25, 0.3) is 0 Å². The van der Waals surface area contributed by atoms with Gasteiger partial charge >= 0.3 is 12.1 Å². The second kappa shape index (κ2) is 4.61. The maximum absolute atomic E-state index is 11.7. The number of amides is 1. The average Bonchev–Trinajstić information content (AvgIpc) is 2.57. The Balaban J connectivity index is 2.43. The fraction of sp³-hybridized carbons (Fsp3) is 0.333. The summed E-state index contributed by atoms with van der Waals surface area (Å²) in [6.07, 6.45) is -1.30. The van der Waals surface area contributed by atoms with Gasteiger partial charge in [0.1, 0.15) is 6.10 Å². The molecule has 1 heterocycles. The molecule has 2 atom stereocenters. The fourth-order valence-electron chi connectivity index (χ4n) is 1.91. The number of carbonyl (C=O) groups is 2. The van der Waals surface area contributed by atoms with Crippen LogP contribution in [0.4, 0.5) is 10.5 Å².